The fourth-order valence-corrected chi connectivity index (χ4v) is 2.89. The number of hydrogen-bond donors (Lipinski definition) is 0. The molecule has 2 aromatic heterocycles. The third kappa shape index (κ3) is 2.78. The topological polar surface area (TPSA) is 72.1 Å². The maximum Gasteiger partial charge on any atom is 0.272 e. The van der Waals surface area contributed by atoms with Crippen LogP contribution in [0.4, 0.5) is 0 Å². The molecule has 6 nitrogen and oxygen atoms in total. The summed E-state index contributed by atoms with van der Waals surface area (Å²) in [6, 6.07) is 15.0. The van der Waals surface area contributed by atoms with Crippen LogP contribution in [0.3, 0.4) is 0 Å². The lowest BCUT2D eigenvalue weighted by atomic mass is 10.1. The first-order chi connectivity index (χ1) is 11.8. The van der Waals surface area contributed by atoms with Gasteiger partial charge in [0.25, 0.3) is 5.91 Å². The highest BCUT2D eigenvalue weighted by atomic mass is 16.4. The van der Waals surface area contributed by atoms with E-state index in [-0.39, 0.29) is 11.8 Å². The Labute approximate surface area is 139 Å². The van der Waals surface area contributed by atoms with Crippen LogP contribution in [0.1, 0.15) is 28.7 Å². The minimum absolute atomic E-state index is 0.0547. The van der Waals surface area contributed by atoms with Crippen molar-refractivity contribution in [3.63, 3.8) is 0 Å². The van der Waals surface area contributed by atoms with Crippen LogP contribution in [-0.4, -0.2) is 39.1 Å². The molecule has 0 N–H and O–H groups in total. The van der Waals surface area contributed by atoms with E-state index in [4.69, 9.17) is 4.42 Å². The van der Waals surface area contributed by atoms with E-state index < -0.39 is 0 Å². The van der Waals surface area contributed by atoms with E-state index in [2.05, 4.69) is 15.2 Å². The molecule has 1 aromatic carbocycles. The summed E-state index contributed by atoms with van der Waals surface area (Å²) in [5.41, 5.74) is 1.37. The highest BCUT2D eigenvalue weighted by Crippen LogP contribution is 2.29. The van der Waals surface area contributed by atoms with Gasteiger partial charge in [0.05, 0.1) is 5.92 Å². The monoisotopic (exact) mass is 320 g/mol. The van der Waals surface area contributed by atoms with Gasteiger partial charge in [-0.15, -0.1) is 10.2 Å². The molecule has 4 rings (SSSR count). The quantitative estimate of drug-likeness (QED) is 0.742. The Bertz CT molecular complexity index is 832. The molecule has 0 radical (unpaired) electrons. The van der Waals surface area contributed by atoms with Crippen LogP contribution in [0, 0.1) is 0 Å². The number of aromatic nitrogens is 3. The lowest BCUT2D eigenvalue weighted by molar-refractivity contribution is 0.0784. The minimum atomic E-state index is -0.0547. The smallest absolute Gasteiger partial charge is 0.272 e. The maximum absolute atomic E-state index is 12.4. The molecule has 0 spiro atoms. The Balaban J connectivity index is 1.48. The number of nitrogens with zero attached hydrogens (tertiary/aromatic N) is 4. The molecule has 1 amide bonds. The molecule has 3 aromatic rings. The van der Waals surface area contributed by atoms with Crippen molar-refractivity contribution in [1.29, 1.82) is 0 Å². The summed E-state index contributed by atoms with van der Waals surface area (Å²) in [5.74, 6) is 1.12. The molecule has 6 heteroatoms. The molecular weight excluding hydrogens is 304 g/mol. The van der Waals surface area contributed by atoms with Crippen LogP contribution in [-0.2, 0) is 0 Å². The molecule has 0 aliphatic carbocycles. The Morgan fingerprint density at radius 1 is 1.08 bits per heavy atom. The Morgan fingerprint density at radius 3 is 2.71 bits per heavy atom. The van der Waals surface area contributed by atoms with Crippen LogP contribution in [0.5, 0.6) is 0 Å². The molecule has 1 saturated heterocycles. The molecule has 1 unspecified atom stereocenters. The Morgan fingerprint density at radius 2 is 1.92 bits per heavy atom. The van der Waals surface area contributed by atoms with Gasteiger partial charge in [-0.3, -0.25) is 9.78 Å². The molecule has 1 aliphatic rings. The fraction of sp³-hybridized carbons (Fsp3) is 0.222. The van der Waals surface area contributed by atoms with Crippen LogP contribution in [0.15, 0.2) is 59.1 Å². The molecule has 120 valence electrons. The van der Waals surface area contributed by atoms with Crippen LogP contribution >= 0.6 is 0 Å². The zero-order valence-corrected chi connectivity index (χ0v) is 13.0. The summed E-state index contributed by atoms with van der Waals surface area (Å²) in [7, 11) is 0. The number of carbonyl (C=O) groups is 1. The van der Waals surface area contributed by atoms with Gasteiger partial charge < -0.3 is 9.32 Å². The zero-order chi connectivity index (χ0) is 16.4. The summed E-state index contributed by atoms with van der Waals surface area (Å²) < 4.78 is 5.81. The number of likely N-dealkylation sites (tertiary alicyclic amines) is 1. The van der Waals surface area contributed by atoms with Gasteiger partial charge in [-0.2, -0.15) is 0 Å². The summed E-state index contributed by atoms with van der Waals surface area (Å²) >= 11 is 0. The first-order valence-corrected chi connectivity index (χ1v) is 7.90. The number of hydrogen-bond acceptors (Lipinski definition) is 5. The first-order valence-electron chi connectivity index (χ1n) is 7.90. The van der Waals surface area contributed by atoms with Gasteiger partial charge in [0.15, 0.2) is 0 Å². The second-order valence-electron chi connectivity index (χ2n) is 5.76. The predicted octanol–water partition coefficient (Wildman–Crippen LogP) is 2.76. The number of pyridine rings is 1. The van der Waals surface area contributed by atoms with E-state index >= 15 is 0 Å². The first kappa shape index (κ1) is 14.6. The third-order valence-electron chi connectivity index (χ3n) is 4.17. The summed E-state index contributed by atoms with van der Waals surface area (Å²) in [4.78, 5) is 18.4. The van der Waals surface area contributed by atoms with Gasteiger partial charge in [-0.05, 0) is 30.7 Å². The molecule has 1 fully saturated rings. The van der Waals surface area contributed by atoms with E-state index in [9.17, 15) is 4.79 Å². The highest BCUT2D eigenvalue weighted by molar-refractivity contribution is 5.92. The van der Waals surface area contributed by atoms with Crippen molar-refractivity contribution in [3.8, 4) is 11.5 Å². The summed E-state index contributed by atoms with van der Waals surface area (Å²) in [6.07, 6.45) is 2.44. The van der Waals surface area contributed by atoms with Crippen LogP contribution in [0.2, 0.25) is 0 Å². The van der Waals surface area contributed by atoms with Gasteiger partial charge in [0.2, 0.25) is 11.8 Å². The second-order valence-corrected chi connectivity index (χ2v) is 5.76. The number of amides is 1. The normalized spacial score (nSPS) is 17.2. The van der Waals surface area contributed by atoms with Gasteiger partial charge in [-0.1, -0.05) is 24.3 Å². The van der Waals surface area contributed by atoms with Crippen molar-refractivity contribution in [2.24, 2.45) is 0 Å². The highest BCUT2D eigenvalue weighted by Gasteiger charge is 2.31. The fourth-order valence-electron chi connectivity index (χ4n) is 2.89. The Kier molecular flexibility index (Phi) is 3.78. The molecule has 1 aliphatic heterocycles. The molecular formula is C18H16N4O2. The van der Waals surface area contributed by atoms with Crippen molar-refractivity contribution in [2.75, 3.05) is 13.1 Å². The van der Waals surface area contributed by atoms with E-state index in [1.807, 2.05) is 36.4 Å². The van der Waals surface area contributed by atoms with Crippen molar-refractivity contribution in [3.05, 3.63) is 66.3 Å². The maximum atomic E-state index is 12.4. The summed E-state index contributed by atoms with van der Waals surface area (Å²) in [5, 5.41) is 8.30. The number of rotatable bonds is 3. The molecule has 24 heavy (non-hydrogen) atoms. The zero-order valence-electron chi connectivity index (χ0n) is 13.0. The van der Waals surface area contributed by atoms with Crippen molar-refractivity contribution < 1.29 is 9.21 Å². The number of benzene rings is 1. The van der Waals surface area contributed by atoms with Crippen LogP contribution < -0.4 is 0 Å². The average molecular weight is 320 g/mol. The van der Waals surface area contributed by atoms with Gasteiger partial charge >= 0.3 is 0 Å². The SMILES string of the molecule is O=C(c1ccccn1)N1CCC(c2nnc(-c3ccccc3)o2)C1. The molecule has 1 atom stereocenters. The van der Waals surface area contributed by atoms with Crippen molar-refractivity contribution in [1.82, 2.24) is 20.1 Å². The van der Waals surface area contributed by atoms with Gasteiger partial charge in [0.1, 0.15) is 5.69 Å². The number of carbonyl (C=O) groups excluding carboxylic acids is 1. The van der Waals surface area contributed by atoms with E-state index in [1.54, 1.807) is 23.2 Å². The van der Waals surface area contributed by atoms with Crippen LogP contribution in [0.25, 0.3) is 11.5 Å². The van der Waals surface area contributed by atoms with Gasteiger partial charge in [0, 0.05) is 24.8 Å². The summed E-state index contributed by atoms with van der Waals surface area (Å²) in [6.45, 7) is 1.24. The van der Waals surface area contributed by atoms with E-state index in [0.717, 1.165) is 12.0 Å². The average Bonchev–Trinajstić information content (AvgIpc) is 3.32. The standard InChI is InChI=1S/C18H16N4O2/c23-18(15-8-4-5-10-19-15)22-11-9-14(12-22)17-21-20-16(24-17)13-6-2-1-3-7-13/h1-8,10,14H,9,11-12H2. The lowest BCUT2D eigenvalue weighted by Crippen LogP contribution is -2.29. The van der Waals surface area contributed by atoms with E-state index in [0.29, 0.717) is 30.6 Å². The predicted molar refractivity (Wildman–Crippen MR) is 87.2 cm³/mol. The molecule has 3 heterocycles. The largest absolute Gasteiger partial charge is 0.420 e. The second kappa shape index (κ2) is 6.23. The lowest BCUT2D eigenvalue weighted by Gasteiger charge is -2.14. The molecule has 0 saturated carbocycles. The van der Waals surface area contributed by atoms with E-state index in [1.165, 1.54) is 0 Å². The van der Waals surface area contributed by atoms with Gasteiger partial charge in [-0.25, -0.2) is 0 Å². The minimum Gasteiger partial charge on any atom is -0.420 e. The molecule has 0 bridgehead atoms. The van der Waals surface area contributed by atoms with Crippen molar-refractivity contribution >= 4 is 5.91 Å². The third-order valence-corrected chi connectivity index (χ3v) is 4.17. The Hall–Kier alpha value is -3.02. The van der Waals surface area contributed by atoms with Crippen molar-refractivity contribution in [2.45, 2.75) is 12.3 Å².